The Labute approximate surface area is 400 Å². The molecular weight excluding hydrogens is 939 g/mol. The molecule has 0 aliphatic rings. The van der Waals surface area contributed by atoms with Gasteiger partial charge in [-0.2, -0.15) is 0 Å². The van der Waals surface area contributed by atoms with E-state index < -0.39 is 17.4 Å². The van der Waals surface area contributed by atoms with Gasteiger partial charge in [-0.25, -0.2) is 9.97 Å². The van der Waals surface area contributed by atoms with Crippen LogP contribution in [0.25, 0.3) is 53.7 Å². The molecule has 0 unspecified atom stereocenters. The molecule has 0 aliphatic carbocycles. The summed E-state index contributed by atoms with van der Waals surface area (Å²) in [5.74, 6) is 0. The van der Waals surface area contributed by atoms with Gasteiger partial charge >= 0.3 is 7.60 Å². The fourth-order valence-electron chi connectivity index (χ4n) is 6.25. The highest BCUT2D eigenvalue weighted by molar-refractivity contribution is 7.53. The van der Waals surface area contributed by atoms with Crippen molar-refractivity contribution in [1.82, 2.24) is 9.97 Å². The number of halogens is 2. The van der Waals surface area contributed by atoms with Crippen molar-refractivity contribution in [2.24, 2.45) is 0 Å². The zero-order chi connectivity index (χ0) is 46.7. The minimum atomic E-state index is -3.07. The van der Waals surface area contributed by atoms with Crippen molar-refractivity contribution in [3.63, 3.8) is 0 Å². The maximum absolute atomic E-state index is 12.6. The molecule has 8 rings (SSSR count). The lowest BCUT2D eigenvalue weighted by atomic mass is 10.1. The van der Waals surface area contributed by atoms with Crippen LogP contribution in [-0.4, -0.2) is 39.3 Å². The standard InChI is InChI=1S/C22H15ClN2O2S.C19H22NO3PS.C7H4ClNO3.CH4/c1-14-2-11-19-21(12-14)28-22(24-19)17-8-5-15(6-9-17)3-4-16-7-10-18(23)20(13-16)25(26)27;1-4-22-24(21,23-5-2)13-15-7-9-16(10-8-15)19-20-17-11-6-14(3)12-18(17)25-19;8-6-2-1-5(4-10)3-7(6)9(11)12;/h2-13H,1H3;6-12H,4-5,13H2,1-3H3;1-4H;1H4/b4-3+;;;. The third-order valence-electron chi connectivity index (χ3n) is 9.41. The van der Waals surface area contributed by atoms with Gasteiger partial charge in [0.05, 0.1) is 49.7 Å². The summed E-state index contributed by atoms with van der Waals surface area (Å²) >= 11 is 14.7. The van der Waals surface area contributed by atoms with Crippen LogP contribution in [0.1, 0.15) is 59.4 Å². The Morgan fingerprint density at radius 3 is 1.50 bits per heavy atom. The zero-order valence-electron chi connectivity index (χ0n) is 35.5. The maximum atomic E-state index is 12.6. The highest BCUT2D eigenvalue weighted by atomic mass is 35.5. The van der Waals surface area contributed by atoms with Gasteiger partial charge < -0.3 is 9.05 Å². The highest BCUT2D eigenvalue weighted by Crippen LogP contribution is 2.51. The van der Waals surface area contributed by atoms with Crippen LogP contribution in [0.15, 0.2) is 121 Å². The number of aldehydes is 1. The summed E-state index contributed by atoms with van der Waals surface area (Å²) < 4.78 is 25.7. The van der Waals surface area contributed by atoms with E-state index in [-0.39, 0.29) is 40.6 Å². The first-order chi connectivity index (χ1) is 31.2. The molecule has 8 aromatic rings. The Morgan fingerprint density at radius 1 is 0.621 bits per heavy atom. The molecule has 0 fully saturated rings. The first kappa shape index (κ1) is 51.0. The van der Waals surface area contributed by atoms with E-state index in [1.807, 2.05) is 80.6 Å². The number of rotatable bonds is 13. The SMILES string of the molecule is C.CCOP(=O)(Cc1ccc(-c2nc3ccc(C)cc3s2)cc1)OCC.Cc1ccc2nc(-c3ccc(/C=C/c4ccc(Cl)c([N+](=O)[O-])c4)cc3)sc2c1.O=Cc1ccc(Cl)c([N+](=O)[O-])c1. The summed E-state index contributed by atoms with van der Waals surface area (Å²) in [5, 5.41) is 23.4. The molecule has 0 bridgehead atoms. The molecule has 0 saturated heterocycles. The Morgan fingerprint density at radius 2 is 1.05 bits per heavy atom. The van der Waals surface area contributed by atoms with Crippen molar-refractivity contribution >= 4 is 104 Å². The predicted molar refractivity (Wildman–Crippen MR) is 271 cm³/mol. The second-order valence-corrected chi connectivity index (χ2v) is 19.2. The van der Waals surface area contributed by atoms with Crippen molar-refractivity contribution in [1.29, 1.82) is 0 Å². The van der Waals surface area contributed by atoms with E-state index in [0.717, 1.165) is 54.9 Å². The smallest absolute Gasteiger partial charge is 0.309 e. The van der Waals surface area contributed by atoms with E-state index in [9.17, 15) is 29.6 Å². The number of aryl methyl sites for hydroxylation is 2. The number of benzene rings is 6. The van der Waals surface area contributed by atoms with E-state index in [2.05, 4.69) is 44.2 Å². The molecule has 66 heavy (non-hydrogen) atoms. The fourth-order valence-corrected chi connectivity index (χ4v) is 10.5. The van der Waals surface area contributed by atoms with Gasteiger partial charge in [0.2, 0.25) is 0 Å². The van der Waals surface area contributed by atoms with E-state index in [0.29, 0.717) is 19.5 Å². The number of nitro benzene ring substituents is 2. The quantitative estimate of drug-likeness (QED) is 0.0357. The number of hydrogen-bond donors (Lipinski definition) is 0. The number of nitrogens with zero attached hydrogens (tertiary/aromatic N) is 4. The average Bonchev–Trinajstić information content (AvgIpc) is 3.91. The lowest BCUT2D eigenvalue weighted by molar-refractivity contribution is -0.384. The van der Waals surface area contributed by atoms with Gasteiger partial charge in [-0.05, 0) is 98.0 Å². The second kappa shape index (κ2) is 23.5. The zero-order valence-corrected chi connectivity index (χ0v) is 39.5. The molecule has 0 radical (unpaired) electrons. The highest BCUT2D eigenvalue weighted by Gasteiger charge is 2.24. The van der Waals surface area contributed by atoms with Crippen molar-refractivity contribution in [3.05, 3.63) is 185 Å². The van der Waals surface area contributed by atoms with Crippen LogP contribution in [0.4, 0.5) is 11.4 Å². The van der Waals surface area contributed by atoms with Crippen LogP contribution in [0.5, 0.6) is 0 Å². The average molecular weight is 984 g/mol. The molecule has 17 heteroatoms. The third kappa shape index (κ3) is 13.6. The van der Waals surface area contributed by atoms with Gasteiger partial charge in [0, 0.05) is 28.8 Å². The molecule has 12 nitrogen and oxygen atoms in total. The molecule has 0 spiro atoms. The molecule has 6 aromatic carbocycles. The van der Waals surface area contributed by atoms with Crippen molar-refractivity contribution < 1.29 is 28.3 Å². The van der Waals surface area contributed by atoms with Crippen LogP contribution in [-0.2, 0) is 19.8 Å². The summed E-state index contributed by atoms with van der Waals surface area (Å²) in [6.07, 6.45) is 4.56. The van der Waals surface area contributed by atoms with E-state index >= 15 is 0 Å². The summed E-state index contributed by atoms with van der Waals surface area (Å²) in [4.78, 5) is 39.8. The monoisotopic (exact) mass is 982 g/mol. The minimum absolute atomic E-state index is 0. The lowest BCUT2D eigenvalue weighted by Crippen LogP contribution is -1.99. The fraction of sp³-hybridized carbons (Fsp3) is 0.163. The topological polar surface area (TPSA) is 165 Å². The first-order valence-electron chi connectivity index (χ1n) is 20.0. The summed E-state index contributed by atoms with van der Waals surface area (Å²) in [7, 11) is -3.07. The summed E-state index contributed by atoms with van der Waals surface area (Å²) in [6.45, 7) is 8.56. The van der Waals surface area contributed by atoms with Crippen LogP contribution in [0, 0.1) is 34.1 Å². The lowest BCUT2D eigenvalue weighted by Gasteiger charge is -2.17. The van der Waals surface area contributed by atoms with Crippen molar-refractivity contribution in [2.45, 2.75) is 41.3 Å². The molecule has 0 atom stereocenters. The van der Waals surface area contributed by atoms with Gasteiger partial charge in [-0.1, -0.05) is 110 Å². The number of fused-ring (bicyclic) bond motifs is 2. The number of nitro groups is 2. The van der Waals surface area contributed by atoms with Gasteiger partial charge in [0.25, 0.3) is 11.4 Å². The number of hydrogen-bond acceptors (Lipinski definition) is 12. The maximum Gasteiger partial charge on any atom is 0.335 e. The van der Waals surface area contributed by atoms with Gasteiger partial charge in [0.1, 0.15) is 26.3 Å². The van der Waals surface area contributed by atoms with E-state index in [4.69, 9.17) is 42.2 Å². The Bertz CT molecular complexity index is 3060. The van der Waals surface area contributed by atoms with Crippen LogP contribution in [0.3, 0.4) is 0 Å². The molecule has 0 saturated carbocycles. The molecule has 2 heterocycles. The van der Waals surface area contributed by atoms with E-state index in [1.54, 1.807) is 28.7 Å². The number of thiazole rings is 2. The number of aromatic nitrogens is 2. The summed E-state index contributed by atoms with van der Waals surface area (Å²) in [6, 6.07) is 37.3. The largest absolute Gasteiger partial charge is 0.335 e. The molecular formula is C49H45Cl2N4O8PS2. The molecule has 2 aromatic heterocycles. The van der Waals surface area contributed by atoms with Crippen LogP contribution in [0.2, 0.25) is 10.0 Å². The van der Waals surface area contributed by atoms with E-state index in [1.165, 1.54) is 44.8 Å². The Hall–Kier alpha value is -5.96. The van der Waals surface area contributed by atoms with Crippen molar-refractivity contribution in [3.8, 4) is 21.1 Å². The van der Waals surface area contributed by atoms with Crippen molar-refractivity contribution in [2.75, 3.05) is 13.2 Å². The molecule has 0 N–H and O–H groups in total. The van der Waals surface area contributed by atoms with Gasteiger partial charge in [0.15, 0.2) is 0 Å². The number of carbonyl (C=O) groups is 1. The van der Waals surface area contributed by atoms with Crippen LogP contribution >= 0.6 is 53.5 Å². The second-order valence-electron chi connectivity index (χ2n) is 14.3. The molecule has 0 amide bonds. The minimum Gasteiger partial charge on any atom is -0.309 e. The van der Waals surface area contributed by atoms with Gasteiger partial charge in [-0.3, -0.25) is 29.6 Å². The summed E-state index contributed by atoms with van der Waals surface area (Å²) in [5.41, 5.74) is 9.18. The first-order valence-corrected chi connectivity index (χ1v) is 24.1. The normalized spacial score (nSPS) is 11.1. The molecule has 0 aliphatic heterocycles. The van der Waals surface area contributed by atoms with Gasteiger partial charge in [-0.15, -0.1) is 22.7 Å². The Balaban J connectivity index is 0.000000198. The van der Waals surface area contributed by atoms with Crippen LogP contribution < -0.4 is 0 Å². The number of carbonyl (C=O) groups excluding carboxylic acids is 1. The molecule has 340 valence electrons. The predicted octanol–water partition coefficient (Wildman–Crippen LogP) is 15.7. The Kier molecular flexibility index (Phi) is 18.2. The third-order valence-corrected chi connectivity index (χ3v) is 14.2.